The number of hydrogen-bond donors (Lipinski definition) is 0. The maximum atomic E-state index is 13.2. The summed E-state index contributed by atoms with van der Waals surface area (Å²) in [7, 11) is 0. The summed E-state index contributed by atoms with van der Waals surface area (Å²) >= 11 is 3.15. The number of fused-ring (bicyclic) bond motifs is 3. The molecule has 0 aliphatic heterocycles. The topological polar surface area (TPSA) is 42.9 Å². The van der Waals surface area contributed by atoms with Crippen molar-refractivity contribution in [1.29, 1.82) is 0 Å². The number of benzene rings is 1. The summed E-state index contributed by atoms with van der Waals surface area (Å²) in [6, 6.07) is 5.82. The second-order valence-corrected chi connectivity index (χ2v) is 7.49. The molecule has 4 rings (SSSR count). The van der Waals surface area contributed by atoms with Gasteiger partial charge >= 0.3 is 0 Å². The molecule has 0 saturated carbocycles. The van der Waals surface area contributed by atoms with Gasteiger partial charge in [-0.3, -0.25) is 4.79 Å². The third-order valence-corrected chi connectivity index (χ3v) is 6.14. The number of rotatable bonds is 4. The molecule has 116 valence electrons. The van der Waals surface area contributed by atoms with E-state index in [1.807, 2.05) is 0 Å². The Kier molecular flexibility index (Phi) is 3.87. The van der Waals surface area contributed by atoms with E-state index in [4.69, 9.17) is 0 Å². The predicted molar refractivity (Wildman–Crippen MR) is 90.9 cm³/mol. The van der Waals surface area contributed by atoms with Crippen molar-refractivity contribution in [2.45, 2.75) is 24.3 Å². The van der Waals surface area contributed by atoms with Crippen molar-refractivity contribution < 1.29 is 9.18 Å². The van der Waals surface area contributed by atoms with Gasteiger partial charge in [0.15, 0.2) is 5.78 Å². The van der Waals surface area contributed by atoms with E-state index in [1.54, 1.807) is 29.8 Å². The number of carbonyl (C=O) groups excluding carboxylic acids is 1. The van der Waals surface area contributed by atoms with E-state index in [-0.39, 0.29) is 17.4 Å². The van der Waals surface area contributed by atoms with E-state index >= 15 is 0 Å². The fraction of sp³-hybridized carbons (Fsp3) is 0.235. The number of aryl methyl sites for hydroxylation is 2. The molecule has 1 aliphatic carbocycles. The number of carbonyl (C=O) groups is 1. The zero-order valence-electron chi connectivity index (χ0n) is 12.2. The number of aromatic nitrogens is 2. The Labute approximate surface area is 141 Å². The Bertz CT molecular complexity index is 907. The first-order valence-electron chi connectivity index (χ1n) is 7.39. The molecule has 2 aromatic heterocycles. The second-order valence-electron chi connectivity index (χ2n) is 5.44. The van der Waals surface area contributed by atoms with Crippen LogP contribution >= 0.6 is 23.1 Å². The second kappa shape index (κ2) is 6.02. The third-order valence-electron chi connectivity index (χ3n) is 3.95. The normalized spacial score (nSPS) is 13.4. The van der Waals surface area contributed by atoms with E-state index in [0.717, 1.165) is 28.1 Å². The van der Waals surface area contributed by atoms with Crippen LogP contribution in [0.25, 0.3) is 10.2 Å². The summed E-state index contributed by atoms with van der Waals surface area (Å²) in [5.41, 5.74) is 1.75. The van der Waals surface area contributed by atoms with Crippen molar-refractivity contribution in [2.24, 2.45) is 0 Å². The lowest BCUT2D eigenvalue weighted by molar-refractivity contribution is 0.102. The van der Waals surface area contributed by atoms with E-state index in [2.05, 4.69) is 9.97 Å². The van der Waals surface area contributed by atoms with Gasteiger partial charge in [0.05, 0.1) is 5.75 Å². The smallest absolute Gasteiger partial charge is 0.173 e. The Morgan fingerprint density at radius 2 is 2.22 bits per heavy atom. The Morgan fingerprint density at radius 1 is 1.30 bits per heavy atom. The fourth-order valence-corrected chi connectivity index (χ4v) is 5.10. The number of thiophene rings is 1. The maximum Gasteiger partial charge on any atom is 0.173 e. The maximum absolute atomic E-state index is 13.2. The largest absolute Gasteiger partial charge is 0.293 e. The fourth-order valence-electron chi connectivity index (χ4n) is 2.89. The summed E-state index contributed by atoms with van der Waals surface area (Å²) in [6.45, 7) is 0. The molecule has 0 atom stereocenters. The van der Waals surface area contributed by atoms with Crippen LogP contribution in [0.4, 0.5) is 4.39 Å². The number of ketones is 1. The van der Waals surface area contributed by atoms with Gasteiger partial charge in [-0.1, -0.05) is 23.9 Å². The monoisotopic (exact) mass is 344 g/mol. The summed E-state index contributed by atoms with van der Waals surface area (Å²) in [5, 5.41) is 1.97. The quantitative estimate of drug-likeness (QED) is 0.402. The van der Waals surface area contributed by atoms with Crippen LogP contribution in [0.3, 0.4) is 0 Å². The molecule has 6 heteroatoms. The van der Waals surface area contributed by atoms with Crippen LogP contribution in [0, 0.1) is 5.82 Å². The molecule has 3 nitrogen and oxygen atoms in total. The molecular weight excluding hydrogens is 331 g/mol. The van der Waals surface area contributed by atoms with Crippen LogP contribution in [0.1, 0.15) is 27.2 Å². The molecule has 0 unspecified atom stereocenters. The summed E-state index contributed by atoms with van der Waals surface area (Å²) in [5.74, 6) is -0.228. The average molecular weight is 344 g/mol. The van der Waals surface area contributed by atoms with Crippen molar-refractivity contribution in [2.75, 3.05) is 5.75 Å². The van der Waals surface area contributed by atoms with Gasteiger partial charge in [0.1, 0.15) is 22.0 Å². The zero-order valence-corrected chi connectivity index (χ0v) is 13.8. The van der Waals surface area contributed by atoms with Crippen molar-refractivity contribution in [1.82, 2.24) is 9.97 Å². The van der Waals surface area contributed by atoms with E-state index < -0.39 is 0 Å². The predicted octanol–water partition coefficient (Wildman–Crippen LogP) is 4.29. The number of thioether (sulfide) groups is 1. The number of halogens is 1. The highest BCUT2D eigenvalue weighted by Gasteiger charge is 2.21. The molecule has 3 aromatic rings. The van der Waals surface area contributed by atoms with Gasteiger partial charge in [-0.25, -0.2) is 14.4 Å². The number of hydrogen-bond acceptors (Lipinski definition) is 5. The van der Waals surface area contributed by atoms with Crippen molar-refractivity contribution in [3.05, 3.63) is 52.4 Å². The Morgan fingerprint density at radius 3 is 3.09 bits per heavy atom. The molecule has 23 heavy (non-hydrogen) atoms. The molecule has 0 fully saturated rings. The number of nitrogens with zero attached hydrogens (tertiary/aromatic N) is 2. The van der Waals surface area contributed by atoms with Crippen LogP contribution in [0.15, 0.2) is 35.6 Å². The van der Waals surface area contributed by atoms with Gasteiger partial charge in [-0.15, -0.1) is 11.3 Å². The molecule has 1 aliphatic rings. The van der Waals surface area contributed by atoms with Crippen LogP contribution in [0.2, 0.25) is 0 Å². The SMILES string of the molecule is O=C(CSc1ncnc2sc3c(c12)CCC3)c1cccc(F)c1. The van der Waals surface area contributed by atoms with Crippen LogP contribution in [0.5, 0.6) is 0 Å². The molecule has 0 bridgehead atoms. The van der Waals surface area contributed by atoms with E-state index in [9.17, 15) is 9.18 Å². The zero-order chi connectivity index (χ0) is 15.8. The molecule has 1 aromatic carbocycles. The molecule has 0 N–H and O–H groups in total. The molecule has 2 heterocycles. The summed E-state index contributed by atoms with van der Waals surface area (Å²) in [6.07, 6.45) is 4.91. The van der Waals surface area contributed by atoms with Gasteiger partial charge in [0.25, 0.3) is 0 Å². The lowest BCUT2D eigenvalue weighted by atomic mass is 10.1. The Balaban J connectivity index is 1.60. The molecule has 0 saturated heterocycles. The van der Waals surface area contributed by atoms with E-state index in [1.165, 1.54) is 40.8 Å². The van der Waals surface area contributed by atoms with Crippen LogP contribution in [-0.4, -0.2) is 21.5 Å². The van der Waals surface area contributed by atoms with Gasteiger partial charge in [0, 0.05) is 15.8 Å². The minimum absolute atomic E-state index is 0.0897. The van der Waals surface area contributed by atoms with Gasteiger partial charge < -0.3 is 0 Å². The third kappa shape index (κ3) is 2.77. The average Bonchev–Trinajstić information content (AvgIpc) is 3.13. The molecule has 0 amide bonds. The lowest BCUT2D eigenvalue weighted by Gasteiger charge is -2.04. The van der Waals surface area contributed by atoms with Crippen molar-refractivity contribution >= 4 is 39.1 Å². The molecule has 0 spiro atoms. The van der Waals surface area contributed by atoms with Crippen LogP contribution in [-0.2, 0) is 12.8 Å². The highest BCUT2D eigenvalue weighted by molar-refractivity contribution is 8.00. The first-order chi connectivity index (χ1) is 11.2. The molecular formula is C17H13FN2OS2. The highest BCUT2D eigenvalue weighted by Crippen LogP contribution is 2.40. The van der Waals surface area contributed by atoms with Gasteiger partial charge in [-0.2, -0.15) is 0 Å². The van der Waals surface area contributed by atoms with Gasteiger partial charge in [-0.05, 0) is 37.0 Å². The van der Waals surface area contributed by atoms with E-state index in [0.29, 0.717) is 5.56 Å². The minimum atomic E-state index is -0.388. The van der Waals surface area contributed by atoms with Crippen molar-refractivity contribution in [3.63, 3.8) is 0 Å². The first-order valence-corrected chi connectivity index (χ1v) is 9.19. The summed E-state index contributed by atoms with van der Waals surface area (Å²) in [4.78, 5) is 23.4. The number of Topliss-reactive ketones (excluding diaryl/α,β-unsaturated/α-hetero) is 1. The lowest BCUT2D eigenvalue weighted by Crippen LogP contribution is -2.03. The highest BCUT2D eigenvalue weighted by atomic mass is 32.2. The molecule has 0 radical (unpaired) electrons. The first kappa shape index (κ1) is 14.8. The Hall–Kier alpha value is -1.79. The summed E-state index contributed by atoms with van der Waals surface area (Å²) < 4.78 is 13.2. The minimum Gasteiger partial charge on any atom is -0.293 e. The van der Waals surface area contributed by atoms with Crippen LogP contribution < -0.4 is 0 Å². The van der Waals surface area contributed by atoms with Gasteiger partial charge in [0.2, 0.25) is 0 Å². The van der Waals surface area contributed by atoms with Crippen molar-refractivity contribution in [3.8, 4) is 0 Å². The standard InChI is InChI=1S/C17H13FN2OS2/c18-11-4-1-3-10(7-11)13(21)8-22-16-15-12-5-2-6-14(12)23-17(15)20-9-19-16/h1,3-4,7,9H,2,5-6,8H2.